The van der Waals surface area contributed by atoms with E-state index in [4.69, 9.17) is 14.2 Å². The topological polar surface area (TPSA) is 73.9 Å². The van der Waals surface area contributed by atoms with E-state index < -0.39 is 18.0 Å². The molecule has 0 saturated heterocycles. The van der Waals surface area contributed by atoms with Crippen LogP contribution in [0, 0.1) is 5.82 Å². The molecule has 0 spiro atoms. The highest BCUT2D eigenvalue weighted by molar-refractivity contribution is 5.92. The average molecular weight is 389 g/mol. The smallest absolute Gasteiger partial charge is 0.339 e. The van der Waals surface area contributed by atoms with Gasteiger partial charge in [-0.05, 0) is 56.2 Å². The molecule has 0 fully saturated rings. The van der Waals surface area contributed by atoms with Crippen LogP contribution in [0.5, 0.6) is 11.5 Å². The second-order valence-corrected chi connectivity index (χ2v) is 6.01. The number of carbonyl (C=O) groups is 2. The summed E-state index contributed by atoms with van der Waals surface area (Å²) in [6.07, 6.45) is -0.416. The maximum atomic E-state index is 12.9. The van der Waals surface area contributed by atoms with E-state index in [2.05, 4.69) is 5.32 Å². The third-order valence-electron chi connectivity index (χ3n) is 3.98. The van der Waals surface area contributed by atoms with E-state index in [1.54, 1.807) is 24.3 Å². The minimum absolute atomic E-state index is 0.256. The largest absolute Gasteiger partial charge is 0.493 e. The van der Waals surface area contributed by atoms with Crippen LogP contribution in [0.1, 0.15) is 29.8 Å². The first-order chi connectivity index (χ1) is 13.4. The van der Waals surface area contributed by atoms with Gasteiger partial charge in [0.1, 0.15) is 5.82 Å². The van der Waals surface area contributed by atoms with Gasteiger partial charge < -0.3 is 19.5 Å². The lowest BCUT2D eigenvalue weighted by Crippen LogP contribution is -2.36. The number of nitrogens with one attached hydrogen (secondary N) is 1. The van der Waals surface area contributed by atoms with Crippen LogP contribution in [-0.2, 0) is 16.0 Å². The third kappa shape index (κ3) is 5.97. The Kier molecular flexibility index (Phi) is 7.80. The summed E-state index contributed by atoms with van der Waals surface area (Å²) in [6, 6.07) is 10.7. The summed E-state index contributed by atoms with van der Waals surface area (Å²) in [7, 11) is 1.48. The molecule has 2 aromatic carbocycles. The molecule has 2 aromatic rings. The zero-order valence-electron chi connectivity index (χ0n) is 16.2. The zero-order chi connectivity index (χ0) is 20.5. The first-order valence-electron chi connectivity index (χ1n) is 8.98. The summed E-state index contributed by atoms with van der Waals surface area (Å²) in [4.78, 5) is 24.4. The van der Waals surface area contributed by atoms with Crippen LogP contribution in [0.3, 0.4) is 0 Å². The summed E-state index contributed by atoms with van der Waals surface area (Å²) < 4.78 is 28.7. The minimum Gasteiger partial charge on any atom is -0.493 e. The summed E-state index contributed by atoms with van der Waals surface area (Å²) >= 11 is 0. The van der Waals surface area contributed by atoms with Crippen molar-refractivity contribution in [1.29, 1.82) is 0 Å². The standard InChI is InChI=1S/C21H24FNO5/c1-4-27-18-10-7-16(13-19(18)26-3)21(25)28-14(2)20(24)23-12-11-15-5-8-17(22)9-6-15/h5-10,13-14H,4,11-12H2,1-3H3,(H,23,24)/t14-/m1/s1. The second-order valence-electron chi connectivity index (χ2n) is 6.01. The van der Waals surface area contributed by atoms with Crippen LogP contribution in [0.15, 0.2) is 42.5 Å². The number of rotatable bonds is 9. The highest BCUT2D eigenvalue weighted by Crippen LogP contribution is 2.28. The third-order valence-corrected chi connectivity index (χ3v) is 3.98. The molecule has 2 rings (SSSR count). The Labute approximate surface area is 163 Å². The number of esters is 1. The fourth-order valence-corrected chi connectivity index (χ4v) is 2.48. The first-order valence-corrected chi connectivity index (χ1v) is 8.98. The molecule has 150 valence electrons. The number of hydrogen-bond donors (Lipinski definition) is 1. The maximum Gasteiger partial charge on any atom is 0.339 e. The molecule has 0 aliphatic heterocycles. The molecule has 0 aliphatic rings. The van der Waals surface area contributed by atoms with E-state index in [-0.39, 0.29) is 11.4 Å². The fourth-order valence-electron chi connectivity index (χ4n) is 2.48. The predicted molar refractivity (Wildman–Crippen MR) is 102 cm³/mol. The van der Waals surface area contributed by atoms with Gasteiger partial charge in [-0.25, -0.2) is 9.18 Å². The number of methoxy groups -OCH3 is 1. The van der Waals surface area contributed by atoms with Crippen LogP contribution in [0.25, 0.3) is 0 Å². The van der Waals surface area contributed by atoms with Crippen molar-refractivity contribution in [2.24, 2.45) is 0 Å². The Morgan fingerprint density at radius 1 is 1.11 bits per heavy atom. The Bertz CT molecular complexity index is 807. The Hall–Kier alpha value is -3.09. The van der Waals surface area contributed by atoms with Gasteiger partial charge in [0, 0.05) is 6.54 Å². The molecule has 0 radical (unpaired) electrons. The van der Waals surface area contributed by atoms with Gasteiger partial charge in [0.2, 0.25) is 0 Å². The van der Waals surface area contributed by atoms with Crippen LogP contribution < -0.4 is 14.8 Å². The molecule has 0 heterocycles. The molecular weight excluding hydrogens is 365 g/mol. The Morgan fingerprint density at radius 2 is 1.82 bits per heavy atom. The number of halogens is 1. The van der Waals surface area contributed by atoms with E-state index in [9.17, 15) is 14.0 Å². The van der Waals surface area contributed by atoms with Gasteiger partial charge in [-0.3, -0.25) is 4.79 Å². The summed E-state index contributed by atoms with van der Waals surface area (Å²) in [5.74, 6) is -0.420. The molecule has 0 unspecified atom stereocenters. The number of ether oxygens (including phenoxy) is 3. The molecule has 1 atom stereocenters. The second kappa shape index (κ2) is 10.3. The summed E-state index contributed by atoms with van der Waals surface area (Å²) in [5.41, 5.74) is 1.15. The van der Waals surface area contributed by atoms with Crippen molar-refractivity contribution < 1.29 is 28.2 Å². The Balaban J connectivity index is 1.86. The molecule has 1 amide bonds. The molecule has 7 heteroatoms. The molecular formula is C21H24FNO5. The molecule has 0 aliphatic carbocycles. The normalized spacial score (nSPS) is 11.4. The van der Waals surface area contributed by atoms with Crippen molar-refractivity contribution in [2.75, 3.05) is 20.3 Å². The van der Waals surface area contributed by atoms with Crippen molar-refractivity contribution in [3.63, 3.8) is 0 Å². The lowest BCUT2D eigenvalue weighted by Gasteiger charge is -2.15. The number of carbonyl (C=O) groups excluding carboxylic acids is 2. The number of amides is 1. The fraction of sp³-hybridized carbons (Fsp3) is 0.333. The van der Waals surface area contributed by atoms with Crippen molar-refractivity contribution in [1.82, 2.24) is 5.32 Å². The lowest BCUT2D eigenvalue weighted by atomic mass is 10.1. The van der Waals surface area contributed by atoms with Crippen LogP contribution >= 0.6 is 0 Å². The van der Waals surface area contributed by atoms with Gasteiger partial charge in [0.25, 0.3) is 5.91 Å². The first kappa shape index (κ1) is 21.2. The highest BCUT2D eigenvalue weighted by atomic mass is 19.1. The van der Waals surface area contributed by atoms with Gasteiger partial charge in [0.05, 0.1) is 19.3 Å². The molecule has 1 N–H and O–H groups in total. The van der Waals surface area contributed by atoms with Gasteiger partial charge >= 0.3 is 5.97 Å². The quantitative estimate of drug-likeness (QED) is 0.667. The van der Waals surface area contributed by atoms with E-state index in [1.807, 2.05) is 6.92 Å². The van der Waals surface area contributed by atoms with E-state index >= 15 is 0 Å². The SMILES string of the molecule is CCOc1ccc(C(=O)O[C@H](C)C(=O)NCCc2ccc(F)cc2)cc1OC. The minimum atomic E-state index is -0.960. The number of benzene rings is 2. The molecule has 0 saturated carbocycles. The van der Waals surface area contributed by atoms with Gasteiger partial charge in [-0.15, -0.1) is 0 Å². The summed E-state index contributed by atoms with van der Waals surface area (Å²) in [6.45, 7) is 4.16. The average Bonchev–Trinajstić information content (AvgIpc) is 2.69. The maximum absolute atomic E-state index is 12.9. The summed E-state index contributed by atoms with van der Waals surface area (Å²) in [5, 5.41) is 2.70. The molecule has 0 bridgehead atoms. The zero-order valence-corrected chi connectivity index (χ0v) is 16.2. The van der Waals surface area contributed by atoms with Crippen LogP contribution in [0.2, 0.25) is 0 Å². The van der Waals surface area contributed by atoms with Crippen LogP contribution in [0.4, 0.5) is 4.39 Å². The van der Waals surface area contributed by atoms with Gasteiger partial charge in [-0.2, -0.15) is 0 Å². The van der Waals surface area contributed by atoms with Gasteiger partial charge in [0.15, 0.2) is 17.6 Å². The van der Waals surface area contributed by atoms with Gasteiger partial charge in [-0.1, -0.05) is 12.1 Å². The van der Waals surface area contributed by atoms with E-state index in [0.29, 0.717) is 31.1 Å². The van der Waals surface area contributed by atoms with Crippen molar-refractivity contribution in [2.45, 2.75) is 26.4 Å². The number of hydrogen-bond acceptors (Lipinski definition) is 5. The monoisotopic (exact) mass is 389 g/mol. The van der Waals surface area contributed by atoms with Crippen molar-refractivity contribution in [3.8, 4) is 11.5 Å². The van der Waals surface area contributed by atoms with Crippen LogP contribution in [-0.4, -0.2) is 38.2 Å². The van der Waals surface area contributed by atoms with Crippen molar-refractivity contribution in [3.05, 3.63) is 59.4 Å². The molecule has 28 heavy (non-hydrogen) atoms. The molecule has 0 aromatic heterocycles. The lowest BCUT2D eigenvalue weighted by molar-refractivity contribution is -0.129. The highest BCUT2D eigenvalue weighted by Gasteiger charge is 2.20. The van der Waals surface area contributed by atoms with E-state index in [0.717, 1.165) is 5.56 Å². The van der Waals surface area contributed by atoms with Crippen molar-refractivity contribution >= 4 is 11.9 Å². The van der Waals surface area contributed by atoms with E-state index in [1.165, 1.54) is 32.2 Å². The Morgan fingerprint density at radius 3 is 2.46 bits per heavy atom. The predicted octanol–water partition coefficient (Wildman–Crippen LogP) is 3.14. The molecule has 6 nitrogen and oxygen atoms in total.